The zero-order valence-corrected chi connectivity index (χ0v) is 13.2. The molecule has 0 bridgehead atoms. The molecule has 4 aromatic heterocycles. The van der Waals surface area contributed by atoms with E-state index >= 15 is 0 Å². The van der Waals surface area contributed by atoms with E-state index in [4.69, 9.17) is 0 Å². The molecule has 4 rings (SSSR count). The highest BCUT2D eigenvalue weighted by Gasteiger charge is 2.24. The maximum atomic E-state index is 10.9. The highest BCUT2D eigenvalue weighted by molar-refractivity contribution is 5.88. The lowest BCUT2D eigenvalue weighted by molar-refractivity contribution is -0.389. The van der Waals surface area contributed by atoms with Crippen LogP contribution in [0.1, 0.15) is 24.5 Å². The van der Waals surface area contributed by atoms with Crippen LogP contribution in [-0.4, -0.2) is 44.1 Å². The minimum Gasteiger partial charge on any atom is -0.358 e. The van der Waals surface area contributed by atoms with Crippen LogP contribution in [0.15, 0.2) is 18.6 Å². The van der Waals surface area contributed by atoms with E-state index in [1.54, 1.807) is 40.4 Å². The average Bonchev–Trinajstić information content (AvgIpc) is 3.23. The van der Waals surface area contributed by atoms with Crippen LogP contribution in [-0.2, 0) is 7.05 Å². The van der Waals surface area contributed by atoms with Gasteiger partial charge in [0.1, 0.15) is 12.4 Å². The summed E-state index contributed by atoms with van der Waals surface area (Å²) in [7, 11) is 1.80. The molecular weight excluding hydrogens is 314 g/mol. The molecule has 4 aromatic rings. The summed E-state index contributed by atoms with van der Waals surface area (Å²) in [6, 6.07) is 1.07. The third-order valence-corrected chi connectivity index (χ3v) is 3.92. The standard InChI is InChI=1S/C13H13N9O2/c1-7-4-10(22(23)24)17-21(7)8(2)11-16-13-9-5-15-19(3)12(9)14-6-20(13)18-11/h4-6,8H,1-3H3/t8-/m1/s1. The van der Waals surface area contributed by atoms with Crippen molar-refractivity contribution in [2.45, 2.75) is 19.9 Å². The molecule has 1 atom stereocenters. The Balaban J connectivity index is 1.84. The van der Waals surface area contributed by atoms with E-state index < -0.39 is 4.92 Å². The second-order valence-corrected chi connectivity index (χ2v) is 5.51. The van der Waals surface area contributed by atoms with Crippen molar-refractivity contribution >= 4 is 22.5 Å². The summed E-state index contributed by atoms with van der Waals surface area (Å²) in [5.74, 6) is 0.300. The van der Waals surface area contributed by atoms with Crippen molar-refractivity contribution in [3.8, 4) is 0 Å². The number of fused-ring (bicyclic) bond motifs is 3. The summed E-state index contributed by atoms with van der Waals surface area (Å²) >= 11 is 0. The lowest BCUT2D eigenvalue weighted by Gasteiger charge is -2.05. The molecule has 0 aromatic carbocycles. The number of rotatable bonds is 3. The second kappa shape index (κ2) is 4.81. The molecule has 11 nitrogen and oxygen atoms in total. The van der Waals surface area contributed by atoms with Gasteiger partial charge in [-0.2, -0.15) is 9.78 Å². The lowest BCUT2D eigenvalue weighted by atomic mass is 10.3. The molecule has 0 aliphatic rings. The maximum absolute atomic E-state index is 10.9. The molecule has 0 saturated carbocycles. The van der Waals surface area contributed by atoms with Crippen molar-refractivity contribution in [2.75, 3.05) is 0 Å². The number of aryl methyl sites for hydroxylation is 2. The van der Waals surface area contributed by atoms with E-state index in [2.05, 4.69) is 25.3 Å². The Labute approximate surface area is 134 Å². The fraction of sp³-hybridized carbons (Fsp3) is 0.308. The van der Waals surface area contributed by atoms with Crippen LogP contribution in [0.3, 0.4) is 0 Å². The first-order chi connectivity index (χ1) is 11.5. The van der Waals surface area contributed by atoms with E-state index in [1.165, 1.54) is 6.07 Å². The molecule has 0 unspecified atom stereocenters. The molecule has 24 heavy (non-hydrogen) atoms. The molecular formula is C13H13N9O2. The van der Waals surface area contributed by atoms with Crippen molar-refractivity contribution in [1.82, 2.24) is 39.1 Å². The SMILES string of the molecule is Cc1cc([N+](=O)[O-])nn1[C@H](C)c1nc2c3cnn(C)c3ncn2n1. The van der Waals surface area contributed by atoms with E-state index in [0.29, 0.717) is 22.8 Å². The Kier molecular flexibility index (Phi) is 2.85. The smallest absolute Gasteiger partial charge is 0.358 e. The van der Waals surface area contributed by atoms with Crippen LogP contribution in [0.2, 0.25) is 0 Å². The van der Waals surface area contributed by atoms with Gasteiger partial charge in [0.15, 0.2) is 17.1 Å². The number of nitro groups is 1. The fourth-order valence-electron chi connectivity index (χ4n) is 2.69. The van der Waals surface area contributed by atoms with Crippen LogP contribution >= 0.6 is 0 Å². The van der Waals surface area contributed by atoms with Gasteiger partial charge in [0.25, 0.3) is 0 Å². The first kappa shape index (κ1) is 14.2. The average molecular weight is 327 g/mol. The highest BCUT2D eigenvalue weighted by atomic mass is 16.6. The topological polar surface area (TPSA) is 122 Å². The molecule has 11 heteroatoms. The Bertz CT molecular complexity index is 1090. The monoisotopic (exact) mass is 327 g/mol. The Hall–Kier alpha value is -3.37. The minimum atomic E-state index is -0.517. The molecule has 0 fully saturated rings. The van der Waals surface area contributed by atoms with Gasteiger partial charge in [0.05, 0.1) is 28.4 Å². The van der Waals surface area contributed by atoms with Gasteiger partial charge in [-0.1, -0.05) is 0 Å². The first-order valence-electron chi connectivity index (χ1n) is 7.19. The zero-order valence-electron chi connectivity index (χ0n) is 13.2. The predicted molar refractivity (Wildman–Crippen MR) is 82.5 cm³/mol. The molecule has 0 radical (unpaired) electrons. The van der Waals surface area contributed by atoms with Crippen molar-refractivity contribution in [1.29, 1.82) is 0 Å². The number of aromatic nitrogens is 8. The van der Waals surface area contributed by atoms with E-state index in [-0.39, 0.29) is 11.9 Å². The molecule has 0 spiro atoms. The van der Waals surface area contributed by atoms with Gasteiger partial charge in [0, 0.05) is 7.05 Å². The van der Waals surface area contributed by atoms with Gasteiger partial charge in [-0.3, -0.25) is 4.68 Å². The van der Waals surface area contributed by atoms with E-state index in [9.17, 15) is 10.1 Å². The summed E-state index contributed by atoms with van der Waals surface area (Å²) in [5.41, 5.74) is 2.01. The first-order valence-corrected chi connectivity index (χ1v) is 7.19. The van der Waals surface area contributed by atoms with Crippen LogP contribution in [0, 0.1) is 17.0 Å². The summed E-state index contributed by atoms with van der Waals surface area (Å²) in [4.78, 5) is 19.2. The van der Waals surface area contributed by atoms with Crippen molar-refractivity contribution in [2.24, 2.45) is 7.05 Å². The second-order valence-electron chi connectivity index (χ2n) is 5.51. The van der Waals surface area contributed by atoms with Crippen LogP contribution < -0.4 is 0 Å². The molecule has 122 valence electrons. The van der Waals surface area contributed by atoms with Gasteiger partial charge >= 0.3 is 5.82 Å². The maximum Gasteiger partial charge on any atom is 0.390 e. The largest absolute Gasteiger partial charge is 0.390 e. The molecule has 0 N–H and O–H groups in total. The van der Waals surface area contributed by atoms with Crippen LogP contribution in [0.4, 0.5) is 5.82 Å². The van der Waals surface area contributed by atoms with Gasteiger partial charge in [-0.25, -0.2) is 14.5 Å². The Morgan fingerprint density at radius 1 is 1.29 bits per heavy atom. The summed E-state index contributed by atoms with van der Waals surface area (Å²) in [5, 5.41) is 24.3. The summed E-state index contributed by atoms with van der Waals surface area (Å²) in [6.45, 7) is 3.60. The zero-order chi connectivity index (χ0) is 17.0. The molecule has 0 aliphatic heterocycles. The van der Waals surface area contributed by atoms with Crippen molar-refractivity contribution in [3.63, 3.8) is 0 Å². The van der Waals surface area contributed by atoms with E-state index in [0.717, 1.165) is 5.39 Å². The number of nitrogens with zero attached hydrogens (tertiary/aromatic N) is 9. The highest BCUT2D eigenvalue weighted by Crippen LogP contribution is 2.22. The van der Waals surface area contributed by atoms with Crippen LogP contribution in [0.5, 0.6) is 0 Å². The van der Waals surface area contributed by atoms with Gasteiger partial charge in [-0.15, -0.1) is 5.10 Å². The third-order valence-electron chi connectivity index (χ3n) is 3.92. The van der Waals surface area contributed by atoms with Gasteiger partial charge < -0.3 is 10.1 Å². The third kappa shape index (κ3) is 1.94. The normalized spacial score (nSPS) is 13.0. The molecule has 0 aliphatic carbocycles. The van der Waals surface area contributed by atoms with Crippen LogP contribution in [0.25, 0.3) is 16.7 Å². The van der Waals surface area contributed by atoms with Crippen molar-refractivity contribution < 1.29 is 4.92 Å². The molecule has 0 amide bonds. The van der Waals surface area contributed by atoms with Crippen molar-refractivity contribution in [3.05, 3.63) is 40.2 Å². The predicted octanol–water partition coefficient (Wildman–Crippen LogP) is 1.03. The summed E-state index contributed by atoms with van der Waals surface area (Å²) < 4.78 is 4.78. The van der Waals surface area contributed by atoms with Gasteiger partial charge in [-0.05, 0) is 18.8 Å². The Morgan fingerprint density at radius 3 is 2.79 bits per heavy atom. The molecule has 4 heterocycles. The lowest BCUT2D eigenvalue weighted by Crippen LogP contribution is -2.12. The Morgan fingerprint density at radius 2 is 2.08 bits per heavy atom. The fourth-order valence-corrected chi connectivity index (χ4v) is 2.69. The molecule has 0 saturated heterocycles. The summed E-state index contributed by atoms with van der Waals surface area (Å²) in [6.07, 6.45) is 3.26. The quantitative estimate of drug-likeness (QED) is 0.407. The van der Waals surface area contributed by atoms with Gasteiger partial charge in [0.2, 0.25) is 0 Å². The minimum absolute atomic E-state index is 0.195. The number of hydrogen-bond acceptors (Lipinski definition) is 7. The van der Waals surface area contributed by atoms with E-state index in [1.807, 2.05) is 6.92 Å². The number of hydrogen-bond donors (Lipinski definition) is 0.